The van der Waals surface area contributed by atoms with Crippen LogP contribution in [0.4, 0.5) is 5.69 Å². The molecule has 0 aromatic heterocycles. The van der Waals surface area contributed by atoms with Crippen molar-refractivity contribution in [3.8, 4) is 0 Å². The van der Waals surface area contributed by atoms with E-state index in [1.165, 1.54) is 18.3 Å². The number of hydrazone groups is 1. The summed E-state index contributed by atoms with van der Waals surface area (Å²) in [6, 6.07) is 14.7. The third-order valence-electron chi connectivity index (χ3n) is 3.28. The standard InChI is InChI=1S/C18H18BrN3O3S/c1-2-3-13-20-21-18(23)14-22(16-11-9-15(19)10-12-16)26(24,25)17-7-5-4-6-8-17/h2-13H,14H2,1H3,(H,21,23)/b3-2+,20-13?. The quantitative estimate of drug-likeness (QED) is 0.534. The van der Waals surface area contributed by atoms with Crippen molar-refractivity contribution >= 4 is 43.8 Å². The third-order valence-corrected chi connectivity index (χ3v) is 5.59. The van der Waals surface area contributed by atoms with Crippen molar-refractivity contribution in [3.63, 3.8) is 0 Å². The van der Waals surface area contributed by atoms with Crippen LogP contribution in [0.5, 0.6) is 0 Å². The summed E-state index contributed by atoms with van der Waals surface area (Å²) in [7, 11) is -3.91. The zero-order chi connectivity index (χ0) is 19.0. The second-order valence-corrected chi connectivity index (χ2v) is 7.92. The fourth-order valence-corrected chi connectivity index (χ4v) is 3.75. The summed E-state index contributed by atoms with van der Waals surface area (Å²) < 4.78 is 27.9. The smallest absolute Gasteiger partial charge is 0.264 e. The van der Waals surface area contributed by atoms with Crippen molar-refractivity contribution in [2.24, 2.45) is 5.10 Å². The molecule has 0 saturated heterocycles. The molecule has 136 valence electrons. The molecule has 0 fully saturated rings. The lowest BCUT2D eigenvalue weighted by molar-refractivity contribution is -0.119. The van der Waals surface area contributed by atoms with Crippen molar-refractivity contribution in [1.82, 2.24) is 5.43 Å². The first-order valence-electron chi connectivity index (χ1n) is 7.71. The predicted octanol–water partition coefficient (Wildman–Crippen LogP) is 3.32. The molecular weight excluding hydrogens is 418 g/mol. The van der Waals surface area contributed by atoms with E-state index >= 15 is 0 Å². The van der Waals surface area contributed by atoms with Crippen molar-refractivity contribution in [3.05, 3.63) is 71.2 Å². The number of carbonyl (C=O) groups is 1. The Bertz CT molecular complexity index is 895. The van der Waals surface area contributed by atoms with Gasteiger partial charge in [0.2, 0.25) is 0 Å². The van der Waals surface area contributed by atoms with Gasteiger partial charge in [-0.15, -0.1) is 0 Å². The van der Waals surface area contributed by atoms with Crippen molar-refractivity contribution in [2.45, 2.75) is 11.8 Å². The van der Waals surface area contributed by atoms with E-state index in [-0.39, 0.29) is 4.90 Å². The largest absolute Gasteiger partial charge is 0.271 e. The number of halogens is 1. The average molecular weight is 436 g/mol. The molecule has 2 rings (SSSR count). The SMILES string of the molecule is C/C=C/C=NNC(=O)CN(c1ccc(Br)cc1)S(=O)(=O)c1ccccc1. The van der Waals surface area contributed by atoms with E-state index in [2.05, 4.69) is 26.5 Å². The summed E-state index contributed by atoms with van der Waals surface area (Å²) in [4.78, 5) is 12.3. The molecule has 0 heterocycles. The Labute approximate surface area is 161 Å². The van der Waals surface area contributed by atoms with Crippen molar-refractivity contribution < 1.29 is 13.2 Å². The van der Waals surface area contributed by atoms with Gasteiger partial charge in [-0.1, -0.05) is 40.2 Å². The van der Waals surface area contributed by atoms with E-state index < -0.39 is 22.5 Å². The number of rotatable bonds is 7. The Morgan fingerprint density at radius 1 is 1.15 bits per heavy atom. The van der Waals surface area contributed by atoms with Gasteiger partial charge in [-0.3, -0.25) is 9.10 Å². The number of benzene rings is 2. The molecule has 6 nitrogen and oxygen atoms in total. The maximum absolute atomic E-state index is 13.0. The van der Waals surface area contributed by atoms with Gasteiger partial charge in [-0.2, -0.15) is 5.10 Å². The molecule has 0 saturated carbocycles. The Hall–Kier alpha value is -2.45. The molecule has 0 atom stereocenters. The highest BCUT2D eigenvalue weighted by Gasteiger charge is 2.26. The minimum absolute atomic E-state index is 0.105. The summed E-state index contributed by atoms with van der Waals surface area (Å²) in [6.07, 6.45) is 4.81. The maximum atomic E-state index is 13.0. The fourth-order valence-electron chi connectivity index (χ4n) is 2.05. The summed E-state index contributed by atoms with van der Waals surface area (Å²) in [5.41, 5.74) is 2.70. The highest BCUT2D eigenvalue weighted by atomic mass is 79.9. The predicted molar refractivity (Wildman–Crippen MR) is 107 cm³/mol. The Kier molecular flexibility index (Phi) is 7.11. The molecule has 0 unspecified atom stereocenters. The normalized spacial score (nSPS) is 11.8. The number of nitrogens with one attached hydrogen (secondary N) is 1. The molecule has 0 radical (unpaired) electrons. The van der Waals surface area contributed by atoms with Crippen LogP contribution in [0, 0.1) is 0 Å². The van der Waals surface area contributed by atoms with Gasteiger partial charge in [0.25, 0.3) is 15.9 Å². The van der Waals surface area contributed by atoms with Crippen LogP contribution in [-0.2, 0) is 14.8 Å². The van der Waals surface area contributed by atoms with Crippen LogP contribution in [0.1, 0.15) is 6.92 Å². The van der Waals surface area contributed by atoms with Gasteiger partial charge in [0.15, 0.2) is 0 Å². The average Bonchev–Trinajstić information content (AvgIpc) is 2.65. The molecule has 0 bridgehead atoms. The first-order chi connectivity index (χ1) is 12.4. The number of hydrogen-bond donors (Lipinski definition) is 1. The topological polar surface area (TPSA) is 78.8 Å². The second-order valence-electron chi connectivity index (χ2n) is 5.14. The second kappa shape index (κ2) is 9.30. The van der Waals surface area contributed by atoms with E-state index in [4.69, 9.17) is 0 Å². The summed E-state index contributed by atoms with van der Waals surface area (Å²) in [5, 5.41) is 3.74. The van der Waals surface area contributed by atoms with Crippen LogP contribution in [0.2, 0.25) is 0 Å². The van der Waals surface area contributed by atoms with E-state index in [0.717, 1.165) is 8.78 Å². The molecule has 8 heteroatoms. The molecule has 1 amide bonds. The molecule has 0 spiro atoms. The Morgan fingerprint density at radius 3 is 2.42 bits per heavy atom. The van der Waals surface area contributed by atoms with Gasteiger partial charge in [-0.05, 0) is 49.4 Å². The minimum atomic E-state index is -3.91. The molecule has 1 N–H and O–H groups in total. The van der Waals surface area contributed by atoms with Crippen LogP contribution >= 0.6 is 15.9 Å². The number of sulfonamides is 1. The summed E-state index contributed by atoms with van der Waals surface area (Å²) >= 11 is 3.32. The van der Waals surface area contributed by atoms with Crippen molar-refractivity contribution in [1.29, 1.82) is 0 Å². The zero-order valence-corrected chi connectivity index (χ0v) is 16.4. The van der Waals surface area contributed by atoms with Gasteiger partial charge in [-0.25, -0.2) is 13.8 Å². The number of allylic oxidation sites excluding steroid dienone is 2. The van der Waals surface area contributed by atoms with Gasteiger partial charge in [0.05, 0.1) is 10.6 Å². The van der Waals surface area contributed by atoms with E-state index in [0.29, 0.717) is 5.69 Å². The van der Waals surface area contributed by atoms with Gasteiger partial charge in [0, 0.05) is 10.7 Å². The van der Waals surface area contributed by atoms with E-state index in [9.17, 15) is 13.2 Å². The number of nitrogens with zero attached hydrogens (tertiary/aromatic N) is 2. The van der Waals surface area contributed by atoms with E-state index in [1.54, 1.807) is 54.6 Å². The first kappa shape index (κ1) is 19.9. The number of anilines is 1. The lowest BCUT2D eigenvalue weighted by Crippen LogP contribution is -2.39. The highest BCUT2D eigenvalue weighted by Crippen LogP contribution is 2.25. The van der Waals surface area contributed by atoms with Crippen LogP contribution in [0.25, 0.3) is 0 Å². The Balaban J connectivity index is 2.34. The van der Waals surface area contributed by atoms with Crippen LogP contribution in [-0.4, -0.2) is 27.1 Å². The summed E-state index contributed by atoms with van der Waals surface area (Å²) in [6.45, 7) is 1.42. The maximum Gasteiger partial charge on any atom is 0.264 e. The highest BCUT2D eigenvalue weighted by molar-refractivity contribution is 9.10. The van der Waals surface area contributed by atoms with E-state index in [1.807, 2.05) is 6.92 Å². The van der Waals surface area contributed by atoms with Gasteiger partial charge in [0.1, 0.15) is 6.54 Å². The zero-order valence-electron chi connectivity index (χ0n) is 14.0. The molecule has 0 aliphatic carbocycles. The lowest BCUT2D eigenvalue weighted by Gasteiger charge is -2.23. The minimum Gasteiger partial charge on any atom is -0.271 e. The van der Waals surface area contributed by atoms with Crippen LogP contribution < -0.4 is 9.73 Å². The van der Waals surface area contributed by atoms with Crippen molar-refractivity contribution in [2.75, 3.05) is 10.8 Å². The number of hydrogen-bond acceptors (Lipinski definition) is 4. The Morgan fingerprint density at radius 2 is 1.81 bits per heavy atom. The third kappa shape index (κ3) is 5.27. The lowest BCUT2D eigenvalue weighted by atomic mass is 10.3. The first-order valence-corrected chi connectivity index (χ1v) is 9.95. The van der Waals surface area contributed by atoms with Crippen LogP contribution in [0.3, 0.4) is 0 Å². The van der Waals surface area contributed by atoms with Crippen LogP contribution in [0.15, 0.2) is 81.2 Å². The summed E-state index contributed by atoms with van der Waals surface area (Å²) in [5.74, 6) is -0.548. The monoisotopic (exact) mass is 435 g/mol. The van der Waals surface area contributed by atoms with Gasteiger partial charge < -0.3 is 0 Å². The fraction of sp³-hybridized carbons (Fsp3) is 0.111. The van der Waals surface area contributed by atoms with Gasteiger partial charge >= 0.3 is 0 Å². The molecule has 26 heavy (non-hydrogen) atoms. The number of amides is 1. The molecule has 0 aliphatic rings. The molecular formula is C18H18BrN3O3S. The number of carbonyl (C=O) groups excluding carboxylic acids is 1. The molecule has 2 aromatic rings. The molecule has 2 aromatic carbocycles. The molecule has 0 aliphatic heterocycles.